The van der Waals surface area contributed by atoms with Gasteiger partial charge >= 0.3 is 0 Å². The van der Waals surface area contributed by atoms with Crippen molar-refractivity contribution in [3.63, 3.8) is 0 Å². The van der Waals surface area contributed by atoms with Crippen LogP contribution in [0.4, 0.5) is 5.69 Å². The third-order valence-corrected chi connectivity index (χ3v) is 4.58. The van der Waals surface area contributed by atoms with Gasteiger partial charge in [-0.1, -0.05) is 0 Å². The summed E-state index contributed by atoms with van der Waals surface area (Å²) in [5.74, 6) is -1.01. The number of rotatable bonds is 4. The molecule has 7 heteroatoms. The summed E-state index contributed by atoms with van der Waals surface area (Å²) in [6.45, 7) is 2.38. The van der Waals surface area contributed by atoms with Crippen molar-refractivity contribution in [2.45, 2.75) is 38.3 Å². The Morgan fingerprint density at radius 3 is 2.64 bits per heavy atom. The van der Waals surface area contributed by atoms with Crippen LogP contribution in [0.5, 0.6) is 0 Å². The van der Waals surface area contributed by atoms with Crippen LogP contribution < -0.4 is 4.90 Å². The smallest absolute Gasteiger partial charge is 0.257 e. The minimum atomic E-state index is -0.801. The highest BCUT2D eigenvalue weighted by Gasteiger charge is 2.44. The monoisotopic (exact) mass is 341 g/mol. The largest absolute Gasteiger partial charge is 0.376 e. The lowest BCUT2D eigenvalue weighted by Gasteiger charge is -2.28. The quantitative estimate of drug-likeness (QED) is 0.768. The standard InChI is InChI=1S/C18H19N3O4/c1-12(22)20(11-15-3-2-8-25-15)16-9-17(23)21(18(16)24)14-6-4-13(10-19)5-7-14/h4-7,15-16H,2-3,8-9,11H2,1H3. The third-order valence-electron chi connectivity index (χ3n) is 4.58. The van der Waals surface area contributed by atoms with Gasteiger partial charge in [0.25, 0.3) is 5.91 Å². The van der Waals surface area contributed by atoms with Gasteiger partial charge in [0.15, 0.2) is 0 Å². The second-order valence-electron chi connectivity index (χ2n) is 6.25. The topological polar surface area (TPSA) is 90.7 Å². The molecule has 0 N–H and O–H groups in total. The van der Waals surface area contributed by atoms with E-state index in [-0.39, 0.29) is 24.3 Å². The number of carbonyl (C=O) groups excluding carboxylic acids is 3. The number of hydrogen-bond donors (Lipinski definition) is 0. The molecule has 130 valence electrons. The van der Waals surface area contributed by atoms with E-state index in [0.717, 1.165) is 17.7 Å². The molecule has 3 rings (SSSR count). The molecule has 3 amide bonds. The van der Waals surface area contributed by atoms with Crippen LogP contribution in [-0.2, 0) is 19.1 Å². The van der Waals surface area contributed by atoms with Gasteiger partial charge in [-0.25, -0.2) is 4.90 Å². The Hall–Kier alpha value is -2.72. The summed E-state index contributed by atoms with van der Waals surface area (Å²) in [5.41, 5.74) is 0.861. The Bertz CT molecular complexity index is 732. The minimum Gasteiger partial charge on any atom is -0.376 e. The van der Waals surface area contributed by atoms with Gasteiger partial charge in [-0.05, 0) is 37.1 Å². The summed E-state index contributed by atoms with van der Waals surface area (Å²) in [6.07, 6.45) is 1.66. The molecule has 0 radical (unpaired) electrons. The van der Waals surface area contributed by atoms with Gasteiger partial charge in [0, 0.05) is 20.1 Å². The molecule has 2 aliphatic rings. The fourth-order valence-electron chi connectivity index (χ4n) is 3.30. The summed E-state index contributed by atoms with van der Waals surface area (Å²) in [5, 5.41) is 8.86. The molecule has 2 aliphatic heterocycles. The first-order chi connectivity index (χ1) is 12.0. The number of benzene rings is 1. The fourth-order valence-corrected chi connectivity index (χ4v) is 3.30. The number of nitriles is 1. The molecule has 0 aromatic heterocycles. The number of carbonyl (C=O) groups is 3. The maximum Gasteiger partial charge on any atom is 0.257 e. The van der Waals surface area contributed by atoms with Crippen LogP contribution in [-0.4, -0.2) is 47.9 Å². The van der Waals surface area contributed by atoms with E-state index in [1.54, 1.807) is 24.3 Å². The molecule has 1 aromatic carbocycles. The highest BCUT2D eigenvalue weighted by molar-refractivity contribution is 6.23. The van der Waals surface area contributed by atoms with E-state index in [1.807, 2.05) is 6.07 Å². The lowest BCUT2D eigenvalue weighted by atomic mass is 10.1. The van der Waals surface area contributed by atoms with E-state index in [9.17, 15) is 14.4 Å². The highest BCUT2D eigenvalue weighted by atomic mass is 16.5. The van der Waals surface area contributed by atoms with Crippen molar-refractivity contribution in [3.05, 3.63) is 29.8 Å². The number of hydrogen-bond acceptors (Lipinski definition) is 5. The van der Waals surface area contributed by atoms with E-state index in [0.29, 0.717) is 24.4 Å². The zero-order valence-corrected chi connectivity index (χ0v) is 14.0. The Morgan fingerprint density at radius 2 is 2.08 bits per heavy atom. The number of anilines is 1. The van der Waals surface area contributed by atoms with Gasteiger partial charge in [0.05, 0.1) is 29.8 Å². The van der Waals surface area contributed by atoms with Crippen LogP contribution in [0.15, 0.2) is 24.3 Å². The molecule has 25 heavy (non-hydrogen) atoms. The molecular formula is C18H19N3O4. The predicted molar refractivity (Wildman–Crippen MR) is 88.4 cm³/mol. The fraction of sp³-hybridized carbons (Fsp3) is 0.444. The number of nitrogens with zero attached hydrogens (tertiary/aromatic N) is 3. The van der Waals surface area contributed by atoms with Crippen LogP contribution in [0.2, 0.25) is 0 Å². The van der Waals surface area contributed by atoms with Crippen molar-refractivity contribution >= 4 is 23.4 Å². The Balaban J connectivity index is 1.80. The number of ether oxygens (including phenoxy) is 1. The lowest BCUT2D eigenvalue weighted by molar-refractivity contribution is -0.138. The van der Waals surface area contributed by atoms with Crippen molar-refractivity contribution in [2.75, 3.05) is 18.1 Å². The summed E-state index contributed by atoms with van der Waals surface area (Å²) in [7, 11) is 0. The van der Waals surface area contributed by atoms with E-state index in [1.165, 1.54) is 11.8 Å². The average Bonchev–Trinajstić information content (AvgIpc) is 3.20. The van der Waals surface area contributed by atoms with Crippen LogP contribution in [0.3, 0.4) is 0 Å². The van der Waals surface area contributed by atoms with Crippen molar-refractivity contribution in [3.8, 4) is 6.07 Å². The maximum atomic E-state index is 12.8. The maximum absolute atomic E-state index is 12.8. The highest BCUT2D eigenvalue weighted by Crippen LogP contribution is 2.27. The van der Waals surface area contributed by atoms with Crippen molar-refractivity contribution in [1.29, 1.82) is 5.26 Å². The molecule has 2 fully saturated rings. The Kier molecular flexibility index (Phi) is 4.81. The lowest BCUT2D eigenvalue weighted by Crippen LogP contribution is -2.47. The molecule has 0 spiro atoms. The summed E-state index contributed by atoms with van der Waals surface area (Å²) in [4.78, 5) is 39.8. The second kappa shape index (κ2) is 7.03. The first-order valence-electron chi connectivity index (χ1n) is 8.27. The zero-order valence-electron chi connectivity index (χ0n) is 14.0. The number of imide groups is 1. The molecular weight excluding hydrogens is 322 g/mol. The SMILES string of the molecule is CC(=O)N(CC1CCCO1)C1CC(=O)N(c2ccc(C#N)cc2)C1=O. The molecule has 2 saturated heterocycles. The predicted octanol–water partition coefficient (Wildman–Crippen LogP) is 1.22. The molecule has 2 unspecified atom stereocenters. The van der Waals surface area contributed by atoms with Crippen LogP contribution in [0, 0.1) is 11.3 Å². The van der Waals surface area contributed by atoms with Gasteiger partial charge < -0.3 is 9.64 Å². The number of amides is 3. The van der Waals surface area contributed by atoms with Crippen molar-refractivity contribution in [1.82, 2.24) is 4.90 Å². The van der Waals surface area contributed by atoms with E-state index in [2.05, 4.69) is 0 Å². The normalized spacial score (nSPS) is 23.0. The van der Waals surface area contributed by atoms with Crippen LogP contribution in [0.25, 0.3) is 0 Å². The van der Waals surface area contributed by atoms with E-state index in [4.69, 9.17) is 10.00 Å². The van der Waals surface area contributed by atoms with Crippen molar-refractivity contribution in [2.24, 2.45) is 0 Å². The van der Waals surface area contributed by atoms with Gasteiger partial charge in [-0.2, -0.15) is 5.26 Å². The van der Waals surface area contributed by atoms with Crippen LogP contribution in [0.1, 0.15) is 31.7 Å². The van der Waals surface area contributed by atoms with Crippen molar-refractivity contribution < 1.29 is 19.1 Å². The minimum absolute atomic E-state index is 0.0366. The van der Waals surface area contributed by atoms with Gasteiger partial charge in [0.1, 0.15) is 6.04 Å². The molecule has 0 bridgehead atoms. The Labute approximate surface area is 145 Å². The first kappa shape index (κ1) is 17.1. The zero-order chi connectivity index (χ0) is 18.0. The van der Waals surface area contributed by atoms with Crippen LogP contribution >= 0.6 is 0 Å². The summed E-state index contributed by atoms with van der Waals surface area (Å²) in [6, 6.07) is 7.43. The first-order valence-corrected chi connectivity index (χ1v) is 8.27. The van der Waals surface area contributed by atoms with Gasteiger partial charge in [-0.15, -0.1) is 0 Å². The second-order valence-corrected chi connectivity index (χ2v) is 6.25. The molecule has 2 heterocycles. The van der Waals surface area contributed by atoms with Gasteiger partial charge in [-0.3, -0.25) is 14.4 Å². The Morgan fingerprint density at radius 1 is 1.36 bits per heavy atom. The van der Waals surface area contributed by atoms with Gasteiger partial charge in [0.2, 0.25) is 11.8 Å². The molecule has 1 aromatic rings. The molecule has 0 saturated carbocycles. The third kappa shape index (κ3) is 3.39. The molecule has 7 nitrogen and oxygen atoms in total. The van der Waals surface area contributed by atoms with E-state index >= 15 is 0 Å². The van der Waals surface area contributed by atoms with E-state index < -0.39 is 11.9 Å². The molecule has 2 atom stereocenters. The molecule has 0 aliphatic carbocycles. The summed E-state index contributed by atoms with van der Waals surface area (Å²) < 4.78 is 5.56. The average molecular weight is 341 g/mol. The summed E-state index contributed by atoms with van der Waals surface area (Å²) >= 11 is 0.